The molecule has 0 aliphatic carbocycles. The lowest BCUT2D eigenvalue weighted by atomic mass is 10.1. The first-order valence-electron chi connectivity index (χ1n) is 6.09. The Labute approximate surface area is 100 Å². The Morgan fingerprint density at radius 3 is 3.18 bits per heavy atom. The van der Waals surface area contributed by atoms with Crippen LogP contribution in [0.2, 0.25) is 0 Å². The van der Waals surface area contributed by atoms with Gasteiger partial charge in [0.15, 0.2) is 0 Å². The molecule has 0 unspecified atom stereocenters. The number of hydrogen-bond acceptors (Lipinski definition) is 3. The van der Waals surface area contributed by atoms with Crippen molar-refractivity contribution in [1.29, 1.82) is 0 Å². The fourth-order valence-corrected chi connectivity index (χ4v) is 2.05. The van der Waals surface area contributed by atoms with Gasteiger partial charge in [0, 0.05) is 19.2 Å². The summed E-state index contributed by atoms with van der Waals surface area (Å²) in [5.74, 6) is -0.770. The normalized spacial score (nSPS) is 20.4. The molecule has 1 saturated heterocycles. The van der Waals surface area contributed by atoms with Crippen LogP contribution in [-0.4, -0.2) is 33.6 Å². The zero-order valence-corrected chi connectivity index (χ0v) is 9.84. The molecule has 1 fully saturated rings. The summed E-state index contributed by atoms with van der Waals surface area (Å²) in [7, 11) is 0. The molecular weight excluding hydrogens is 220 g/mol. The Morgan fingerprint density at radius 2 is 2.47 bits per heavy atom. The minimum absolute atomic E-state index is 0.158. The minimum Gasteiger partial charge on any atom is -0.481 e. The molecule has 0 amide bonds. The standard InChI is InChI=1S/C12H18N2O3/c15-12(16)5-4-10-7-13-14(8-10)9-11-3-1-2-6-17-11/h7-8,11H,1-6,9H2,(H,15,16)/t11-/m1/s1. The van der Waals surface area contributed by atoms with Crippen molar-refractivity contribution in [3.8, 4) is 0 Å². The number of ether oxygens (including phenoxy) is 1. The average molecular weight is 238 g/mol. The first-order chi connectivity index (χ1) is 8.24. The smallest absolute Gasteiger partial charge is 0.303 e. The molecule has 0 spiro atoms. The molecule has 0 saturated carbocycles. The molecule has 1 aromatic heterocycles. The summed E-state index contributed by atoms with van der Waals surface area (Å²) in [4.78, 5) is 10.4. The summed E-state index contributed by atoms with van der Waals surface area (Å²) in [5, 5.41) is 12.8. The highest BCUT2D eigenvalue weighted by atomic mass is 16.5. The van der Waals surface area contributed by atoms with E-state index in [9.17, 15) is 4.79 Å². The van der Waals surface area contributed by atoms with Crippen LogP contribution in [0, 0.1) is 0 Å². The van der Waals surface area contributed by atoms with Crippen LogP contribution in [0.1, 0.15) is 31.2 Å². The largest absolute Gasteiger partial charge is 0.481 e. The van der Waals surface area contributed by atoms with Gasteiger partial charge in [-0.2, -0.15) is 5.10 Å². The minimum atomic E-state index is -0.770. The van der Waals surface area contributed by atoms with Gasteiger partial charge in [0.2, 0.25) is 0 Å². The summed E-state index contributed by atoms with van der Waals surface area (Å²) in [5.41, 5.74) is 0.975. The highest BCUT2D eigenvalue weighted by Gasteiger charge is 2.14. The fraction of sp³-hybridized carbons (Fsp3) is 0.667. The molecule has 1 aliphatic rings. The molecular formula is C12H18N2O3. The molecule has 2 rings (SSSR count). The van der Waals surface area contributed by atoms with Gasteiger partial charge in [-0.3, -0.25) is 9.48 Å². The first kappa shape index (κ1) is 12.1. The average Bonchev–Trinajstić information content (AvgIpc) is 2.75. The zero-order chi connectivity index (χ0) is 12.1. The van der Waals surface area contributed by atoms with Crippen molar-refractivity contribution in [2.45, 2.75) is 44.8 Å². The van der Waals surface area contributed by atoms with Gasteiger partial charge in [-0.25, -0.2) is 0 Å². The molecule has 0 radical (unpaired) electrons. The number of rotatable bonds is 5. The van der Waals surface area contributed by atoms with E-state index >= 15 is 0 Å². The second kappa shape index (κ2) is 5.82. The van der Waals surface area contributed by atoms with E-state index < -0.39 is 5.97 Å². The van der Waals surface area contributed by atoms with Crippen molar-refractivity contribution in [2.75, 3.05) is 6.61 Å². The monoisotopic (exact) mass is 238 g/mol. The van der Waals surface area contributed by atoms with Crippen molar-refractivity contribution >= 4 is 5.97 Å². The number of carboxylic acid groups (broad SMARTS) is 1. The lowest BCUT2D eigenvalue weighted by Crippen LogP contribution is -2.24. The number of aliphatic carboxylic acids is 1. The van der Waals surface area contributed by atoms with Crippen molar-refractivity contribution in [1.82, 2.24) is 9.78 Å². The van der Waals surface area contributed by atoms with Crippen molar-refractivity contribution < 1.29 is 14.6 Å². The predicted octanol–water partition coefficient (Wildman–Crippen LogP) is 1.47. The summed E-state index contributed by atoms with van der Waals surface area (Å²) in [6.07, 6.45) is 8.08. The molecule has 94 valence electrons. The number of carbonyl (C=O) groups is 1. The number of aromatic nitrogens is 2. The molecule has 17 heavy (non-hydrogen) atoms. The van der Waals surface area contributed by atoms with E-state index in [-0.39, 0.29) is 12.5 Å². The quantitative estimate of drug-likeness (QED) is 0.843. The van der Waals surface area contributed by atoms with Crippen LogP contribution >= 0.6 is 0 Å². The maximum Gasteiger partial charge on any atom is 0.303 e. The maximum absolute atomic E-state index is 10.4. The predicted molar refractivity (Wildman–Crippen MR) is 61.8 cm³/mol. The SMILES string of the molecule is O=C(O)CCc1cnn(C[C@H]2CCCCO2)c1. The fourth-order valence-electron chi connectivity index (χ4n) is 2.05. The molecule has 1 N–H and O–H groups in total. The highest BCUT2D eigenvalue weighted by Crippen LogP contribution is 2.14. The molecule has 1 aliphatic heterocycles. The Hall–Kier alpha value is -1.36. The van der Waals surface area contributed by atoms with Crippen molar-refractivity contribution in [2.24, 2.45) is 0 Å². The summed E-state index contributed by atoms with van der Waals surface area (Å²) in [6.45, 7) is 1.62. The number of aryl methyl sites for hydroxylation is 1. The molecule has 0 bridgehead atoms. The topological polar surface area (TPSA) is 64.3 Å². The van der Waals surface area contributed by atoms with E-state index in [1.807, 2.05) is 10.9 Å². The summed E-state index contributed by atoms with van der Waals surface area (Å²) >= 11 is 0. The van der Waals surface area contributed by atoms with Gasteiger partial charge in [-0.1, -0.05) is 0 Å². The molecule has 2 heterocycles. The van der Waals surface area contributed by atoms with Crippen LogP contribution in [-0.2, 0) is 22.5 Å². The summed E-state index contributed by atoms with van der Waals surface area (Å²) < 4.78 is 7.49. The third kappa shape index (κ3) is 3.85. The van der Waals surface area contributed by atoms with Gasteiger partial charge in [-0.15, -0.1) is 0 Å². The lowest BCUT2D eigenvalue weighted by Gasteiger charge is -2.22. The Bertz CT molecular complexity index is 370. The Kier molecular flexibility index (Phi) is 4.14. The first-order valence-corrected chi connectivity index (χ1v) is 6.09. The van der Waals surface area contributed by atoms with Crippen molar-refractivity contribution in [3.05, 3.63) is 18.0 Å². The van der Waals surface area contributed by atoms with Gasteiger partial charge in [-0.05, 0) is 31.2 Å². The van der Waals surface area contributed by atoms with Crippen LogP contribution in [0.5, 0.6) is 0 Å². The number of carboxylic acids is 1. The third-order valence-electron chi connectivity index (χ3n) is 2.98. The van der Waals surface area contributed by atoms with Crippen LogP contribution < -0.4 is 0 Å². The molecule has 5 heteroatoms. The second-order valence-electron chi connectivity index (χ2n) is 4.45. The van der Waals surface area contributed by atoms with Gasteiger partial charge in [0.1, 0.15) is 0 Å². The van der Waals surface area contributed by atoms with Crippen LogP contribution in [0.4, 0.5) is 0 Å². The summed E-state index contributed by atoms with van der Waals surface area (Å²) in [6, 6.07) is 0. The Balaban J connectivity index is 1.82. The van der Waals surface area contributed by atoms with E-state index in [1.165, 1.54) is 6.42 Å². The van der Waals surface area contributed by atoms with E-state index in [0.29, 0.717) is 6.42 Å². The van der Waals surface area contributed by atoms with E-state index in [4.69, 9.17) is 9.84 Å². The number of nitrogens with zero attached hydrogens (tertiary/aromatic N) is 2. The zero-order valence-electron chi connectivity index (χ0n) is 9.84. The van der Waals surface area contributed by atoms with E-state index in [1.54, 1.807) is 6.20 Å². The van der Waals surface area contributed by atoms with Crippen LogP contribution in [0.15, 0.2) is 12.4 Å². The molecule has 1 atom stereocenters. The van der Waals surface area contributed by atoms with Crippen molar-refractivity contribution in [3.63, 3.8) is 0 Å². The third-order valence-corrected chi connectivity index (χ3v) is 2.98. The van der Waals surface area contributed by atoms with Gasteiger partial charge < -0.3 is 9.84 Å². The highest BCUT2D eigenvalue weighted by molar-refractivity contribution is 5.67. The number of hydrogen-bond donors (Lipinski definition) is 1. The molecule has 5 nitrogen and oxygen atoms in total. The van der Waals surface area contributed by atoms with Crippen LogP contribution in [0.25, 0.3) is 0 Å². The second-order valence-corrected chi connectivity index (χ2v) is 4.45. The van der Waals surface area contributed by atoms with Gasteiger partial charge in [0.25, 0.3) is 0 Å². The molecule has 1 aromatic rings. The van der Waals surface area contributed by atoms with E-state index in [0.717, 1.165) is 31.6 Å². The van der Waals surface area contributed by atoms with Crippen LogP contribution in [0.3, 0.4) is 0 Å². The maximum atomic E-state index is 10.4. The van der Waals surface area contributed by atoms with E-state index in [2.05, 4.69) is 5.10 Å². The Morgan fingerprint density at radius 1 is 1.59 bits per heavy atom. The van der Waals surface area contributed by atoms with Gasteiger partial charge in [0.05, 0.1) is 18.8 Å². The molecule has 0 aromatic carbocycles. The lowest BCUT2D eigenvalue weighted by molar-refractivity contribution is -0.136. The van der Waals surface area contributed by atoms with Gasteiger partial charge >= 0.3 is 5.97 Å².